The average molecular weight is 248 g/mol. The number of allylic oxidation sites excluding steroid dienone is 2. The van der Waals surface area contributed by atoms with Gasteiger partial charge in [0.25, 0.3) is 0 Å². The third kappa shape index (κ3) is 1.38. The topological polar surface area (TPSA) is 52.6 Å². The van der Waals surface area contributed by atoms with Gasteiger partial charge in [-0.1, -0.05) is 18.2 Å². The molecular formula is C14H16O4. The van der Waals surface area contributed by atoms with E-state index in [1.54, 1.807) is 0 Å². The Bertz CT molecular complexity index is 462. The minimum absolute atomic E-state index is 0.145. The first kappa shape index (κ1) is 11.5. The normalized spacial score (nSPS) is 39.4. The highest BCUT2D eigenvalue weighted by Gasteiger charge is 2.55. The quantitative estimate of drug-likeness (QED) is 0.546. The molecule has 5 atom stereocenters. The maximum Gasteiger partial charge on any atom is 0.333 e. The summed E-state index contributed by atoms with van der Waals surface area (Å²) in [5, 5.41) is 0. The number of ether oxygens (including phenoxy) is 2. The van der Waals surface area contributed by atoms with Crippen molar-refractivity contribution in [3.8, 4) is 0 Å². The van der Waals surface area contributed by atoms with Gasteiger partial charge in [-0.05, 0) is 30.1 Å². The lowest BCUT2D eigenvalue weighted by molar-refractivity contribution is -0.146. The van der Waals surface area contributed by atoms with E-state index in [0.29, 0.717) is 11.8 Å². The Kier molecular flexibility index (Phi) is 2.54. The molecule has 0 amide bonds. The van der Waals surface area contributed by atoms with Gasteiger partial charge in [0.1, 0.15) is 0 Å². The van der Waals surface area contributed by atoms with Gasteiger partial charge in [-0.3, -0.25) is 4.79 Å². The van der Waals surface area contributed by atoms with E-state index >= 15 is 0 Å². The van der Waals surface area contributed by atoms with Crippen LogP contribution in [0, 0.1) is 29.6 Å². The fraction of sp³-hybridized carbons (Fsp3) is 0.571. The fourth-order valence-electron chi connectivity index (χ4n) is 3.87. The second-order valence-electron chi connectivity index (χ2n) is 5.21. The zero-order chi connectivity index (χ0) is 12.9. The second kappa shape index (κ2) is 3.97. The molecule has 0 radical (unpaired) electrons. The van der Waals surface area contributed by atoms with Crippen LogP contribution < -0.4 is 0 Å². The van der Waals surface area contributed by atoms with Gasteiger partial charge in [0.15, 0.2) is 0 Å². The van der Waals surface area contributed by atoms with Gasteiger partial charge >= 0.3 is 11.9 Å². The fourth-order valence-corrected chi connectivity index (χ4v) is 3.87. The molecule has 0 aromatic heterocycles. The van der Waals surface area contributed by atoms with Crippen molar-refractivity contribution in [2.45, 2.75) is 6.42 Å². The van der Waals surface area contributed by atoms with Crippen LogP contribution in [0.15, 0.2) is 23.8 Å². The molecule has 3 aliphatic rings. The summed E-state index contributed by atoms with van der Waals surface area (Å²) in [4.78, 5) is 23.5. The molecule has 1 fully saturated rings. The van der Waals surface area contributed by atoms with E-state index in [1.165, 1.54) is 14.2 Å². The lowest BCUT2D eigenvalue weighted by atomic mass is 9.77. The number of fused-ring (bicyclic) bond motifs is 5. The van der Waals surface area contributed by atoms with Crippen LogP contribution in [-0.4, -0.2) is 26.2 Å². The zero-order valence-corrected chi connectivity index (χ0v) is 10.5. The molecule has 0 saturated heterocycles. The van der Waals surface area contributed by atoms with Gasteiger partial charge in [0.2, 0.25) is 0 Å². The molecule has 0 spiro atoms. The van der Waals surface area contributed by atoms with E-state index in [0.717, 1.165) is 12.0 Å². The van der Waals surface area contributed by atoms with Crippen LogP contribution in [0.2, 0.25) is 0 Å². The van der Waals surface area contributed by atoms with Crippen molar-refractivity contribution in [1.82, 2.24) is 0 Å². The van der Waals surface area contributed by atoms with Crippen molar-refractivity contribution in [2.24, 2.45) is 29.6 Å². The number of carbonyl (C=O) groups excluding carboxylic acids is 2. The number of carbonyl (C=O) groups is 2. The van der Waals surface area contributed by atoms with E-state index in [4.69, 9.17) is 9.47 Å². The number of esters is 2. The largest absolute Gasteiger partial charge is 0.469 e. The Hall–Kier alpha value is -1.58. The molecule has 0 aliphatic heterocycles. The van der Waals surface area contributed by atoms with Crippen molar-refractivity contribution < 1.29 is 19.1 Å². The van der Waals surface area contributed by atoms with Crippen LogP contribution in [0.1, 0.15) is 6.42 Å². The van der Waals surface area contributed by atoms with Crippen molar-refractivity contribution in [1.29, 1.82) is 0 Å². The molecule has 5 unspecified atom stereocenters. The summed E-state index contributed by atoms with van der Waals surface area (Å²) < 4.78 is 9.66. The van der Waals surface area contributed by atoms with E-state index in [9.17, 15) is 9.59 Å². The summed E-state index contributed by atoms with van der Waals surface area (Å²) in [6.07, 6.45) is 7.04. The smallest absolute Gasteiger partial charge is 0.333 e. The van der Waals surface area contributed by atoms with Gasteiger partial charge in [-0.25, -0.2) is 4.79 Å². The predicted molar refractivity (Wildman–Crippen MR) is 63.3 cm³/mol. The standard InChI is InChI=1S/C14H16O4/c1-17-13(15)9-4-3-8-7-5-10(12(8)9)11(6-7)14(16)18-2/h3-4,6-10,12H,5H2,1-2H3. The summed E-state index contributed by atoms with van der Waals surface area (Å²) in [5.41, 5.74) is 0.751. The summed E-state index contributed by atoms with van der Waals surface area (Å²) in [7, 11) is 2.81. The molecule has 0 heterocycles. The first-order chi connectivity index (χ1) is 8.67. The molecule has 1 saturated carbocycles. The monoisotopic (exact) mass is 248 g/mol. The highest BCUT2D eigenvalue weighted by atomic mass is 16.5. The SMILES string of the molecule is COC(=O)C1=CC2CC1C1C(C(=O)OC)C=CC21. The van der Waals surface area contributed by atoms with Crippen LogP contribution in [0.5, 0.6) is 0 Å². The highest BCUT2D eigenvalue weighted by Crippen LogP contribution is 2.57. The molecule has 0 aromatic carbocycles. The van der Waals surface area contributed by atoms with Gasteiger partial charge in [-0.15, -0.1) is 0 Å². The number of hydrogen-bond donors (Lipinski definition) is 0. The van der Waals surface area contributed by atoms with Gasteiger partial charge < -0.3 is 9.47 Å². The molecule has 96 valence electrons. The van der Waals surface area contributed by atoms with Crippen LogP contribution in [-0.2, 0) is 19.1 Å². The van der Waals surface area contributed by atoms with Crippen molar-refractivity contribution in [3.63, 3.8) is 0 Å². The maximum absolute atomic E-state index is 11.8. The average Bonchev–Trinajstić information content (AvgIpc) is 3.06. The van der Waals surface area contributed by atoms with Crippen molar-refractivity contribution in [3.05, 3.63) is 23.8 Å². The Morgan fingerprint density at radius 2 is 2.00 bits per heavy atom. The Morgan fingerprint density at radius 1 is 1.22 bits per heavy atom. The maximum atomic E-state index is 11.8. The number of rotatable bonds is 2. The van der Waals surface area contributed by atoms with Crippen LogP contribution in [0.25, 0.3) is 0 Å². The Labute approximate surface area is 106 Å². The van der Waals surface area contributed by atoms with E-state index in [2.05, 4.69) is 6.08 Å². The van der Waals surface area contributed by atoms with Crippen LogP contribution in [0.4, 0.5) is 0 Å². The van der Waals surface area contributed by atoms with Crippen LogP contribution >= 0.6 is 0 Å². The molecule has 2 bridgehead atoms. The van der Waals surface area contributed by atoms with E-state index in [-0.39, 0.29) is 29.7 Å². The van der Waals surface area contributed by atoms with Gasteiger partial charge in [0, 0.05) is 5.57 Å². The molecule has 3 aliphatic carbocycles. The Morgan fingerprint density at radius 3 is 2.67 bits per heavy atom. The highest BCUT2D eigenvalue weighted by molar-refractivity contribution is 5.90. The summed E-state index contributed by atoms with van der Waals surface area (Å²) >= 11 is 0. The zero-order valence-electron chi connectivity index (χ0n) is 10.5. The molecule has 4 nitrogen and oxygen atoms in total. The minimum atomic E-state index is -0.253. The molecule has 0 N–H and O–H groups in total. The Balaban J connectivity index is 1.88. The van der Waals surface area contributed by atoms with E-state index in [1.807, 2.05) is 12.2 Å². The first-order valence-corrected chi connectivity index (χ1v) is 6.23. The lowest BCUT2D eigenvalue weighted by Crippen LogP contribution is -2.31. The van der Waals surface area contributed by atoms with Crippen molar-refractivity contribution in [2.75, 3.05) is 14.2 Å². The van der Waals surface area contributed by atoms with Gasteiger partial charge in [0.05, 0.1) is 20.1 Å². The van der Waals surface area contributed by atoms with Crippen LogP contribution in [0.3, 0.4) is 0 Å². The second-order valence-corrected chi connectivity index (χ2v) is 5.21. The summed E-state index contributed by atoms with van der Waals surface area (Å²) in [6.45, 7) is 0. The molecule has 0 aromatic rings. The molecule has 4 heteroatoms. The third-order valence-corrected chi connectivity index (χ3v) is 4.57. The number of methoxy groups -OCH3 is 2. The predicted octanol–water partition coefficient (Wildman–Crippen LogP) is 1.33. The lowest BCUT2D eigenvalue weighted by Gasteiger charge is -2.27. The van der Waals surface area contributed by atoms with E-state index < -0.39 is 0 Å². The summed E-state index contributed by atoms with van der Waals surface area (Å²) in [6, 6.07) is 0. The molecule has 3 rings (SSSR count). The third-order valence-electron chi connectivity index (χ3n) is 4.57. The van der Waals surface area contributed by atoms with Gasteiger partial charge in [-0.2, -0.15) is 0 Å². The van der Waals surface area contributed by atoms with Crippen molar-refractivity contribution >= 4 is 11.9 Å². The molecular weight excluding hydrogens is 232 g/mol. The number of hydrogen-bond acceptors (Lipinski definition) is 4. The molecule has 18 heavy (non-hydrogen) atoms. The minimum Gasteiger partial charge on any atom is -0.469 e. The first-order valence-electron chi connectivity index (χ1n) is 6.23. The summed E-state index contributed by atoms with van der Waals surface area (Å²) in [5.74, 6) is 0.427.